The Balaban J connectivity index is 1.36. The fourth-order valence-electron chi connectivity index (χ4n) is 3.37. The molecular weight excluding hydrogens is 435 g/mol. The second-order valence-electron chi connectivity index (χ2n) is 7.33. The van der Waals surface area contributed by atoms with Crippen molar-refractivity contribution in [1.82, 2.24) is 9.97 Å². The summed E-state index contributed by atoms with van der Waals surface area (Å²) in [5, 5.41) is 3.85. The van der Waals surface area contributed by atoms with Crippen molar-refractivity contribution in [2.75, 3.05) is 23.3 Å². The van der Waals surface area contributed by atoms with Crippen molar-refractivity contribution in [3.8, 4) is 0 Å². The molecule has 0 aliphatic carbocycles. The molecule has 0 unspecified atom stereocenters. The third kappa shape index (κ3) is 5.95. The molecule has 0 atom stereocenters. The van der Waals surface area contributed by atoms with Gasteiger partial charge in [-0.25, -0.2) is 14.4 Å². The largest absolute Gasteiger partial charge is 0.356 e. The summed E-state index contributed by atoms with van der Waals surface area (Å²) in [5.41, 5.74) is 2.13. The molecule has 1 fully saturated rings. The standard InChI is InChI=1S/C23H22ClFN4OS/c24-20-14-21(29-12-2-1-3-13-29)28-23(27-20)31-15-16-4-6-17(7-5-16)22(30)26-19-10-8-18(25)9-11-19/h4-11,14H,1-3,12-13,15H2,(H,26,30). The molecule has 4 rings (SSSR count). The van der Waals surface area contributed by atoms with Crippen LogP contribution in [-0.4, -0.2) is 29.0 Å². The van der Waals surface area contributed by atoms with Crippen LogP contribution >= 0.6 is 23.4 Å². The van der Waals surface area contributed by atoms with Crippen molar-refractivity contribution in [3.05, 3.63) is 76.7 Å². The SMILES string of the molecule is O=C(Nc1ccc(F)cc1)c1ccc(CSc2nc(Cl)cc(N3CCCCC3)n2)cc1. The molecule has 1 saturated heterocycles. The Kier molecular flexibility index (Phi) is 7.04. The van der Waals surface area contributed by atoms with Gasteiger partial charge in [-0.15, -0.1) is 0 Å². The molecule has 8 heteroatoms. The van der Waals surface area contributed by atoms with E-state index in [-0.39, 0.29) is 11.7 Å². The smallest absolute Gasteiger partial charge is 0.255 e. The van der Waals surface area contributed by atoms with E-state index in [1.807, 2.05) is 18.2 Å². The molecule has 2 aromatic carbocycles. The van der Waals surface area contributed by atoms with Gasteiger partial charge in [-0.3, -0.25) is 4.79 Å². The summed E-state index contributed by atoms with van der Waals surface area (Å²) in [7, 11) is 0. The van der Waals surface area contributed by atoms with Gasteiger partial charge in [0.2, 0.25) is 0 Å². The number of hydrogen-bond donors (Lipinski definition) is 1. The lowest BCUT2D eigenvalue weighted by Crippen LogP contribution is -2.30. The predicted molar refractivity (Wildman–Crippen MR) is 123 cm³/mol. The van der Waals surface area contributed by atoms with Crippen LogP contribution in [0.3, 0.4) is 0 Å². The number of halogens is 2. The first kappa shape index (κ1) is 21.6. The van der Waals surface area contributed by atoms with E-state index in [2.05, 4.69) is 20.2 Å². The lowest BCUT2D eigenvalue weighted by Gasteiger charge is -2.27. The maximum atomic E-state index is 13.0. The topological polar surface area (TPSA) is 58.1 Å². The monoisotopic (exact) mass is 456 g/mol. The zero-order valence-corrected chi connectivity index (χ0v) is 18.4. The first-order chi connectivity index (χ1) is 15.1. The molecule has 0 spiro atoms. The van der Waals surface area contributed by atoms with Crippen LogP contribution in [0.2, 0.25) is 5.15 Å². The second kappa shape index (κ2) is 10.1. The van der Waals surface area contributed by atoms with Crippen molar-refractivity contribution in [1.29, 1.82) is 0 Å². The fraction of sp³-hybridized carbons (Fsp3) is 0.261. The number of rotatable bonds is 6. The second-order valence-corrected chi connectivity index (χ2v) is 8.66. The molecule has 1 aliphatic heterocycles. The van der Waals surface area contributed by atoms with Gasteiger partial charge >= 0.3 is 0 Å². The van der Waals surface area contributed by atoms with Gasteiger partial charge in [0.1, 0.15) is 16.8 Å². The zero-order chi connectivity index (χ0) is 21.6. The lowest BCUT2D eigenvalue weighted by atomic mass is 10.1. The molecule has 5 nitrogen and oxygen atoms in total. The van der Waals surface area contributed by atoms with Crippen LogP contribution in [0.1, 0.15) is 35.2 Å². The number of anilines is 2. The van der Waals surface area contributed by atoms with Gasteiger partial charge in [-0.2, -0.15) is 0 Å². The maximum Gasteiger partial charge on any atom is 0.255 e. The summed E-state index contributed by atoms with van der Waals surface area (Å²) in [6.45, 7) is 2.00. The summed E-state index contributed by atoms with van der Waals surface area (Å²) >= 11 is 7.74. The molecule has 3 aromatic rings. The lowest BCUT2D eigenvalue weighted by molar-refractivity contribution is 0.102. The highest BCUT2D eigenvalue weighted by Gasteiger charge is 2.15. The number of nitrogens with one attached hydrogen (secondary N) is 1. The van der Waals surface area contributed by atoms with E-state index in [0.717, 1.165) is 24.5 Å². The molecule has 1 N–H and O–H groups in total. The first-order valence-corrected chi connectivity index (χ1v) is 11.5. The van der Waals surface area contributed by atoms with Crippen LogP contribution in [0.5, 0.6) is 0 Å². The van der Waals surface area contributed by atoms with Crippen LogP contribution in [0.15, 0.2) is 59.8 Å². The van der Waals surface area contributed by atoms with E-state index in [1.54, 1.807) is 12.1 Å². The summed E-state index contributed by atoms with van der Waals surface area (Å²) in [5.74, 6) is 0.969. The molecule has 1 aliphatic rings. The van der Waals surface area contributed by atoms with Gasteiger partial charge in [0.25, 0.3) is 5.91 Å². The number of aromatic nitrogens is 2. The molecule has 1 aromatic heterocycles. The minimum atomic E-state index is -0.341. The highest BCUT2D eigenvalue weighted by atomic mass is 35.5. The van der Waals surface area contributed by atoms with Crippen LogP contribution in [0.25, 0.3) is 0 Å². The number of thioether (sulfide) groups is 1. The van der Waals surface area contributed by atoms with Gasteiger partial charge in [0.05, 0.1) is 0 Å². The molecule has 0 saturated carbocycles. The van der Waals surface area contributed by atoms with E-state index >= 15 is 0 Å². The van der Waals surface area contributed by atoms with Gasteiger partial charge in [-0.1, -0.05) is 35.5 Å². The Labute approximate surface area is 190 Å². The molecule has 160 valence electrons. The van der Waals surface area contributed by atoms with Crippen molar-refractivity contribution in [3.63, 3.8) is 0 Å². The minimum Gasteiger partial charge on any atom is -0.356 e. The predicted octanol–water partition coefficient (Wildman–Crippen LogP) is 5.80. The Morgan fingerprint density at radius 2 is 1.74 bits per heavy atom. The molecular formula is C23H22ClFN4OS. The normalized spacial score (nSPS) is 13.8. The third-order valence-electron chi connectivity index (χ3n) is 5.03. The fourth-order valence-corrected chi connectivity index (χ4v) is 4.41. The number of amides is 1. The van der Waals surface area contributed by atoms with Gasteiger partial charge in [0, 0.05) is 36.2 Å². The number of carbonyl (C=O) groups excluding carboxylic acids is 1. The van der Waals surface area contributed by atoms with Gasteiger partial charge in [-0.05, 0) is 61.2 Å². The number of benzene rings is 2. The molecule has 2 heterocycles. The Morgan fingerprint density at radius 1 is 1.03 bits per heavy atom. The van der Waals surface area contributed by atoms with Crippen molar-refractivity contribution >= 4 is 40.8 Å². The average molecular weight is 457 g/mol. The maximum absolute atomic E-state index is 13.0. The summed E-state index contributed by atoms with van der Waals surface area (Å²) in [4.78, 5) is 23.6. The summed E-state index contributed by atoms with van der Waals surface area (Å²) in [6.07, 6.45) is 3.60. The summed E-state index contributed by atoms with van der Waals surface area (Å²) < 4.78 is 13.0. The van der Waals surface area contributed by atoms with Crippen molar-refractivity contribution in [2.45, 2.75) is 30.2 Å². The first-order valence-electron chi connectivity index (χ1n) is 10.1. The minimum absolute atomic E-state index is 0.241. The number of piperidine rings is 1. The van der Waals surface area contributed by atoms with Gasteiger partial charge in [0.15, 0.2) is 5.16 Å². The number of carbonyl (C=O) groups is 1. The molecule has 0 bridgehead atoms. The van der Waals surface area contributed by atoms with E-state index in [1.165, 1.54) is 55.3 Å². The van der Waals surface area contributed by atoms with Crippen LogP contribution in [-0.2, 0) is 5.75 Å². The highest BCUT2D eigenvalue weighted by Crippen LogP contribution is 2.26. The molecule has 0 radical (unpaired) electrons. The van der Waals surface area contributed by atoms with Crippen LogP contribution in [0, 0.1) is 5.82 Å². The molecule has 1 amide bonds. The Bertz CT molecular complexity index is 1040. The van der Waals surface area contributed by atoms with E-state index < -0.39 is 0 Å². The quantitative estimate of drug-likeness (QED) is 0.288. The zero-order valence-electron chi connectivity index (χ0n) is 16.9. The highest BCUT2D eigenvalue weighted by molar-refractivity contribution is 7.98. The van der Waals surface area contributed by atoms with Crippen LogP contribution in [0.4, 0.5) is 15.9 Å². The summed E-state index contributed by atoms with van der Waals surface area (Å²) in [6, 6.07) is 14.9. The van der Waals surface area contributed by atoms with Crippen LogP contribution < -0.4 is 10.2 Å². The van der Waals surface area contributed by atoms with E-state index in [0.29, 0.717) is 27.3 Å². The van der Waals surface area contributed by atoms with Crippen molar-refractivity contribution in [2.24, 2.45) is 0 Å². The van der Waals surface area contributed by atoms with E-state index in [4.69, 9.17) is 11.6 Å². The molecule has 31 heavy (non-hydrogen) atoms. The van der Waals surface area contributed by atoms with Gasteiger partial charge < -0.3 is 10.2 Å². The Hall–Kier alpha value is -2.64. The Morgan fingerprint density at radius 3 is 2.45 bits per heavy atom. The van der Waals surface area contributed by atoms with E-state index in [9.17, 15) is 9.18 Å². The number of hydrogen-bond acceptors (Lipinski definition) is 5. The van der Waals surface area contributed by atoms with Crippen molar-refractivity contribution < 1.29 is 9.18 Å². The number of nitrogens with zero attached hydrogens (tertiary/aromatic N) is 3. The third-order valence-corrected chi connectivity index (χ3v) is 6.14. The average Bonchev–Trinajstić information content (AvgIpc) is 2.80.